The van der Waals surface area contributed by atoms with Crippen LogP contribution in [0.5, 0.6) is 0 Å². The summed E-state index contributed by atoms with van der Waals surface area (Å²) in [6.07, 6.45) is 0.912. The smallest absolute Gasteiger partial charge is 0.321 e. The minimum atomic E-state index is -0.159. The SMILES string of the molecule is CCC(C)NC(=O)CN1CCN(C(=O)Nc2ccc(C#N)cc2)CC1. The molecule has 1 fully saturated rings. The van der Waals surface area contributed by atoms with Gasteiger partial charge in [0.05, 0.1) is 18.2 Å². The molecule has 0 spiro atoms. The summed E-state index contributed by atoms with van der Waals surface area (Å²) in [7, 11) is 0. The third-order valence-electron chi connectivity index (χ3n) is 4.31. The number of nitrogens with zero attached hydrogens (tertiary/aromatic N) is 3. The maximum atomic E-state index is 12.3. The number of hydrogen-bond donors (Lipinski definition) is 2. The van der Waals surface area contributed by atoms with Crippen molar-refractivity contribution < 1.29 is 9.59 Å². The zero-order valence-corrected chi connectivity index (χ0v) is 14.8. The van der Waals surface area contributed by atoms with Crippen molar-refractivity contribution >= 4 is 17.6 Å². The summed E-state index contributed by atoms with van der Waals surface area (Å²) in [4.78, 5) is 28.0. The fourth-order valence-corrected chi connectivity index (χ4v) is 2.57. The number of carbonyl (C=O) groups excluding carboxylic acids is 2. The lowest BCUT2D eigenvalue weighted by molar-refractivity contribution is -0.123. The molecule has 25 heavy (non-hydrogen) atoms. The second-order valence-electron chi connectivity index (χ2n) is 6.26. The summed E-state index contributed by atoms with van der Waals surface area (Å²) < 4.78 is 0. The highest BCUT2D eigenvalue weighted by Gasteiger charge is 2.22. The summed E-state index contributed by atoms with van der Waals surface area (Å²) in [5.74, 6) is 0.0323. The van der Waals surface area contributed by atoms with Gasteiger partial charge in [0.15, 0.2) is 0 Å². The summed E-state index contributed by atoms with van der Waals surface area (Å²) in [5, 5.41) is 14.6. The van der Waals surface area contributed by atoms with E-state index >= 15 is 0 Å². The lowest BCUT2D eigenvalue weighted by Crippen LogP contribution is -2.52. The molecule has 7 heteroatoms. The number of hydrogen-bond acceptors (Lipinski definition) is 4. The van der Waals surface area contributed by atoms with Crippen molar-refractivity contribution in [3.8, 4) is 6.07 Å². The molecule has 1 heterocycles. The van der Waals surface area contributed by atoms with Gasteiger partial charge < -0.3 is 15.5 Å². The first kappa shape index (κ1) is 18.7. The van der Waals surface area contributed by atoms with E-state index in [1.807, 2.05) is 19.9 Å². The van der Waals surface area contributed by atoms with Crippen molar-refractivity contribution in [2.75, 3.05) is 38.0 Å². The van der Waals surface area contributed by atoms with Crippen molar-refractivity contribution in [3.63, 3.8) is 0 Å². The Morgan fingerprint density at radius 2 is 1.84 bits per heavy atom. The van der Waals surface area contributed by atoms with Gasteiger partial charge in [-0.15, -0.1) is 0 Å². The van der Waals surface area contributed by atoms with Crippen molar-refractivity contribution in [1.82, 2.24) is 15.1 Å². The number of nitrogens with one attached hydrogen (secondary N) is 2. The van der Waals surface area contributed by atoms with Crippen LogP contribution in [-0.2, 0) is 4.79 Å². The molecule has 1 aromatic carbocycles. The highest BCUT2D eigenvalue weighted by Crippen LogP contribution is 2.11. The monoisotopic (exact) mass is 343 g/mol. The van der Waals surface area contributed by atoms with E-state index in [1.54, 1.807) is 29.2 Å². The molecule has 1 aliphatic rings. The molecule has 0 bridgehead atoms. The van der Waals surface area contributed by atoms with Crippen LogP contribution in [0.2, 0.25) is 0 Å². The highest BCUT2D eigenvalue weighted by molar-refractivity contribution is 5.89. The lowest BCUT2D eigenvalue weighted by Gasteiger charge is -2.34. The van der Waals surface area contributed by atoms with Gasteiger partial charge in [-0.1, -0.05) is 6.92 Å². The van der Waals surface area contributed by atoms with Crippen LogP contribution in [0.4, 0.5) is 10.5 Å². The van der Waals surface area contributed by atoms with Gasteiger partial charge in [0.1, 0.15) is 0 Å². The Bertz CT molecular complexity index is 630. The van der Waals surface area contributed by atoms with Gasteiger partial charge in [0, 0.05) is 37.9 Å². The van der Waals surface area contributed by atoms with E-state index in [4.69, 9.17) is 5.26 Å². The van der Waals surface area contributed by atoms with Crippen LogP contribution in [0, 0.1) is 11.3 Å². The first-order valence-corrected chi connectivity index (χ1v) is 8.59. The molecule has 7 nitrogen and oxygen atoms in total. The van der Waals surface area contributed by atoms with Gasteiger partial charge in [-0.25, -0.2) is 4.79 Å². The predicted octanol–water partition coefficient (Wildman–Crippen LogP) is 1.62. The van der Waals surface area contributed by atoms with Gasteiger partial charge in [-0.05, 0) is 37.6 Å². The van der Waals surface area contributed by atoms with Crippen molar-refractivity contribution in [2.45, 2.75) is 26.3 Å². The van der Waals surface area contributed by atoms with Crippen LogP contribution < -0.4 is 10.6 Å². The summed E-state index contributed by atoms with van der Waals surface area (Å²) in [6, 6.07) is 8.84. The molecule has 3 amide bonds. The molecule has 2 rings (SSSR count). The number of rotatable bonds is 5. The molecular weight excluding hydrogens is 318 g/mol. The van der Waals surface area contributed by atoms with Crippen molar-refractivity contribution in [3.05, 3.63) is 29.8 Å². The van der Waals surface area contributed by atoms with Crippen molar-refractivity contribution in [1.29, 1.82) is 5.26 Å². The molecule has 1 atom stereocenters. The molecule has 1 unspecified atom stereocenters. The van der Waals surface area contributed by atoms with Gasteiger partial charge in [-0.2, -0.15) is 5.26 Å². The average Bonchev–Trinajstić information content (AvgIpc) is 2.62. The Kier molecular flexibility index (Phi) is 6.78. The fourth-order valence-electron chi connectivity index (χ4n) is 2.57. The minimum Gasteiger partial charge on any atom is -0.353 e. The van der Waals surface area contributed by atoms with Gasteiger partial charge >= 0.3 is 6.03 Å². The topological polar surface area (TPSA) is 88.5 Å². The summed E-state index contributed by atoms with van der Waals surface area (Å²) in [6.45, 7) is 6.91. The number of carbonyl (C=O) groups is 2. The molecule has 1 saturated heterocycles. The largest absolute Gasteiger partial charge is 0.353 e. The van der Waals surface area contributed by atoms with Gasteiger partial charge in [0.2, 0.25) is 5.91 Å². The molecule has 1 aromatic rings. The molecule has 2 N–H and O–H groups in total. The van der Waals surface area contributed by atoms with E-state index in [-0.39, 0.29) is 18.0 Å². The summed E-state index contributed by atoms with van der Waals surface area (Å²) in [5.41, 5.74) is 1.22. The Labute approximate surface area is 148 Å². The molecule has 0 saturated carbocycles. The van der Waals surface area contributed by atoms with E-state index in [0.717, 1.165) is 6.42 Å². The van der Waals surface area contributed by atoms with E-state index in [1.165, 1.54) is 0 Å². The molecule has 0 radical (unpaired) electrons. The van der Waals surface area contributed by atoms with Crippen LogP contribution >= 0.6 is 0 Å². The molecule has 134 valence electrons. The normalized spacial score (nSPS) is 16.0. The summed E-state index contributed by atoms with van der Waals surface area (Å²) >= 11 is 0. The zero-order valence-electron chi connectivity index (χ0n) is 14.8. The number of benzene rings is 1. The standard InChI is InChI=1S/C18H25N5O2/c1-3-14(2)20-17(24)13-22-8-10-23(11-9-22)18(25)21-16-6-4-15(12-19)5-7-16/h4-7,14H,3,8-11,13H2,1-2H3,(H,20,24)(H,21,25). The minimum absolute atomic E-state index is 0.0323. The quantitative estimate of drug-likeness (QED) is 0.850. The third-order valence-corrected chi connectivity index (χ3v) is 4.31. The maximum Gasteiger partial charge on any atom is 0.321 e. The average molecular weight is 343 g/mol. The van der Waals surface area contributed by atoms with Gasteiger partial charge in [0.25, 0.3) is 0 Å². The molecule has 0 aliphatic carbocycles. The fraction of sp³-hybridized carbons (Fsp3) is 0.500. The van der Waals surface area contributed by atoms with E-state index in [2.05, 4.69) is 15.5 Å². The van der Waals surface area contributed by atoms with Crippen molar-refractivity contribution in [2.24, 2.45) is 0 Å². The Hall–Kier alpha value is -2.59. The first-order valence-electron chi connectivity index (χ1n) is 8.59. The maximum absolute atomic E-state index is 12.3. The van der Waals surface area contributed by atoms with E-state index in [0.29, 0.717) is 44.0 Å². The molecule has 0 aromatic heterocycles. The van der Waals surface area contributed by atoms with E-state index in [9.17, 15) is 9.59 Å². The zero-order chi connectivity index (χ0) is 18.2. The van der Waals surface area contributed by atoms with Crippen LogP contribution in [0.25, 0.3) is 0 Å². The van der Waals surface area contributed by atoms with Gasteiger partial charge in [-0.3, -0.25) is 9.69 Å². The highest BCUT2D eigenvalue weighted by atomic mass is 16.2. The Morgan fingerprint density at radius 3 is 2.40 bits per heavy atom. The van der Waals surface area contributed by atoms with Crippen LogP contribution in [0.3, 0.4) is 0 Å². The first-order chi connectivity index (χ1) is 12.0. The number of piperazine rings is 1. The Morgan fingerprint density at radius 1 is 1.20 bits per heavy atom. The van der Waals surface area contributed by atoms with Crippen LogP contribution in [0.1, 0.15) is 25.8 Å². The Balaban J connectivity index is 1.76. The van der Waals surface area contributed by atoms with Crippen LogP contribution in [-0.4, -0.2) is 60.5 Å². The van der Waals surface area contributed by atoms with E-state index < -0.39 is 0 Å². The second kappa shape index (κ2) is 9.04. The third kappa shape index (κ3) is 5.76. The number of amides is 3. The lowest BCUT2D eigenvalue weighted by atomic mass is 10.2. The number of nitriles is 1. The molecule has 1 aliphatic heterocycles. The number of anilines is 1. The second-order valence-corrected chi connectivity index (χ2v) is 6.26. The van der Waals surface area contributed by atoms with Crippen LogP contribution in [0.15, 0.2) is 24.3 Å². The predicted molar refractivity (Wildman–Crippen MR) is 96.1 cm³/mol. The molecular formula is C18H25N5O2. The number of urea groups is 1.